The first-order valence-corrected chi connectivity index (χ1v) is 6.26. The van der Waals surface area contributed by atoms with Crippen LogP contribution in [0.1, 0.15) is 5.56 Å². The number of rotatable bonds is 2. The molecule has 0 unspecified atom stereocenters. The fourth-order valence-corrected chi connectivity index (χ4v) is 2.10. The smallest absolute Gasteiger partial charge is 0.150 e. The number of benzene rings is 3. The molecule has 0 aromatic heterocycles. The lowest BCUT2D eigenvalue weighted by atomic mass is 10.1. The fraction of sp³-hybridized carbons (Fsp3) is 0.0588. The number of para-hydroxylation sites is 1. The van der Waals surface area contributed by atoms with E-state index in [1.54, 1.807) is 0 Å². The van der Waals surface area contributed by atoms with Gasteiger partial charge in [0.25, 0.3) is 0 Å². The van der Waals surface area contributed by atoms with Crippen molar-refractivity contribution in [1.82, 2.24) is 0 Å². The normalized spacial score (nSPS) is 10.6. The highest BCUT2D eigenvalue weighted by atomic mass is 16.5. The zero-order chi connectivity index (χ0) is 13.2. The van der Waals surface area contributed by atoms with E-state index < -0.39 is 0 Å². The lowest BCUT2D eigenvalue weighted by Crippen LogP contribution is -1.94. The minimum atomic E-state index is 0.690. The van der Waals surface area contributed by atoms with Crippen LogP contribution in [0, 0.1) is 6.92 Å². The molecule has 0 bridgehead atoms. The predicted molar refractivity (Wildman–Crippen MR) is 79.6 cm³/mol. The molecule has 3 aromatic carbocycles. The molecule has 19 heavy (non-hydrogen) atoms. The quantitative estimate of drug-likeness (QED) is 0.677. The van der Waals surface area contributed by atoms with Crippen LogP contribution in [0.4, 0.5) is 5.69 Å². The Balaban J connectivity index is 1.99. The number of fused-ring (bicyclic) bond motifs is 1. The van der Waals surface area contributed by atoms with Crippen molar-refractivity contribution in [2.45, 2.75) is 6.92 Å². The molecule has 0 saturated carbocycles. The van der Waals surface area contributed by atoms with E-state index in [9.17, 15) is 0 Å². The standard InChI is InChI=1S/C17H15NO/c1-12-5-4-8-16(17(12)18)19-15-10-9-13-6-2-3-7-14(13)11-15/h2-11H,18H2,1H3. The molecule has 3 aromatic rings. The molecule has 0 radical (unpaired) electrons. The van der Waals surface area contributed by atoms with Crippen molar-refractivity contribution in [3.05, 3.63) is 66.2 Å². The van der Waals surface area contributed by atoms with Gasteiger partial charge in [-0.3, -0.25) is 0 Å². The average molecular weight is 249 g/mol. The van der Waals surface area contributed by atoms with Crippen molar-refractivity contribution in [1.29, 1.82) is 0 Å². The number of hydrogen-bond acceptors (Lipinski definition) is 2. The summed E-state index contributed by atoms with van der Waals surface area (Å²) in [4.78, 5) is 0. The Morgan fingerprint density at radius 3 is 2.47 bits per heavy atom. The van der Waals surface area contributed by atoms with Crippen LogP contribution in [0.15, 0.2) is 60.7 Å². The second-order valence-electron chi connectivity index (χ2n) is 4.60. The molecule has 0 atom stereocenters. The van der Waals surface area contributed by atoms with Crippen LogP contribution in [0.25, 0.3) is 10.8 Å². The molecule has 0 heterocycles. The van der Waals surface area contributed by atoms with Crippen LogP contribution in [-0.4, -0.2) is 0 Å². The number of hydrogen-bond donors (Lipinski definition) is 1. The highest BCUT2D eigenvalue weighted by molar-refractivity contribution is 5.83. The van der Waals surface area contributed by atoms with Gasteiger partial charge in [0, 0.05) is 0 Å². The summed E-state index contributed by atoms with van der Waals surface area (Å²) in [6, 6.07) is 20.1. The first-order chi connectivity index (χ1) is 9.24. The van der Waals surface area contributed by atoms with Crippen LogP contribution >= 0.6 is 0 Å². The molecule has 3 rings (SSSR count). The van der Waals surface area contributed by atoms with E-state index in [4.69, 9.17) is 10.5 Å². The number of nitrogen functional groups attached to an aromatic ring is 1. The average Bonchev–Trinajstić information content (AvgIpc) is 2.44. The van der Waals surface area contributed by atoms with Crippen LogP contribution in [0.2, 0.25) is 0 Å². The first-order valence-electron chi connectivity index (χ1n) is 6.26. The Labute approximate surface area is 112 Å². The third-order valence-electron chi connectivity index (χ3n) is 3.23. The minimum Gasteiger partial charge on any atom is -0.455 e. The van der Waals surface area contributed by atoms with Gasteiger partial charge in [0.15, 0.2) is 5.75 Å². The lowest BCUT2D eigenvalue weighted by Gasteiger charge is -2.10. The molecule has 2 nitrogen and oxygen atoms in total. The van der Waals surface area contributed by atoms with E-state index in [0.29, 0.717) is 11.4 Å². The minimum absolute atomic E-state index is 0.690. The van der Waals surface area contributed by atoms with Crippen molar-refractivity contribution in [3.63, 3.8) is 0 Å². The van der Waals surface area contributed by atoms with Crippen molar-refractivity contribution >= 4 is 16.5 Å². The maximum Gasteiger partial charge on any atom is 0.150 e. The summed E-state index contributed by atoms with van der Waals surface area (Å²) >= 11 is 0. The molecule has 0 amide bonds. The van der Waals surface area contributed by atoms with Crippen LogP contribution in [0.5, 0.6) is 11.5 Å². The van der Waals surface area contributed by atoms with Crippen molar-refractivity contribution < 1.29 is 4.74 Å². The zero-order valence-electron chi connectivity index (χ0n) is 10.8. The van der Waals surface area contributed by atoms with Gasteiger partial charge < -0.3 is 10.5 Å². The molecule has 0 fully saturated rings. The summed E-state index contributed by atoms with van der Waals surface area (Å²) in [5.41, 5.74) is 7.73. The van der Waals surface area contributed by atoms with Gasteiger partial charge in [0.1, 0.15) is 5.75 Å². The van der Waals surface area contributed by atoms with Gasteiger partial charge in [-0.1, -0.05) is 42.5 Å². The largest absolute Gasteiger partial charge is 0.455 e. The molecule has 0 aliphatic carbocycles. The zero-order valence-corrected chi connectivity index (χ0v) is 10.8. The van der Waals surface area contributed by atoms with E-state index in [1.807, 2.05) is 49.4 Å². The third kappa shape index (κ3) is 2.25. The summed E-state index contributed by atoms with van der Waals surface area (Å²) < 4.78 is 5.87. The van der Waals surface area contributed by atoms with Crippen molar-refractivity contribution in [2.24, 2.45) is 0 Å². The molecular weight excluding hydrogens is 234 g/mol. The van der Waals surface area contributed by atoms with Gasteiger partial charge >= 0.3 is 0 Å². The Morgan fingerprint density at radius 1 is 0.842 bits per heavy atom. The van der Waals surface area contributed by atoms with E-state index in [0.717, 1.165) is 16.7 Å². The number of ether oxygens (including phenoxy) is 1. The monoisotopic (exact) mass is 249 g/mol. The Morgan fingerprint density at radius 2 is 1.63 bits per heavy atom. The summed E-state index contributed by atoms with van der Waals surface area (Å²) in [6.07, 6.45) is 0. The molecule has 0 spiro atoms. The van der Waals surface area contributed by atoms with Crippen LogP contribution < -0.4 is 10.5 Å². The fourth-order valence-electron chi connectivity index (χ4n) is 2.10. The molecular formula is C17H15NO. The van der Waals surface area contributed by atoms with Gasteiger partial charge in [-0.2, -0.15) is 0 Å². The first kappa shape index (κ1) is 11.6. The molecule has 94 valence electrons. The third-order valence-corrected chi connectivity index (χ3v) is 3.23. The molecule has 2 N–H and O–H groups in total. The predicted octanol–water partition coefficient (Wildman–Crippen LogP) is 4.52. The summed E-state index contributed by atoms with van der Waals surface area (Å²) in [7, 11) is 0. The second kappa shape index (κ2) is 4.65. The van der Waals surface area contributed by atoms with Gasteiger partial charge in [-0.15, -0.1) is 0 Å². The Kier molecular flexibility index (Phi) is 2.84. The second-order valence-corrected chi connectivity index (χ2v) is 4.60. The topological polar surface area (TPSA) is 35.2 Å². The van der Waals surface area contributed by atoms with Gasteiger partial charge in [0.05, 0.1) is 5.69 Å². The molecule has 0 aliphatic heterocycles. The van der Waals surface area contributed by atoms with Crippen LogP contribution in [-0.2, 0) is 0 Å². The maximum atomic E-state index is 6.02. The molecule has 2 heteroatoms. The summed E-state index contributed by atoms with van der Waals surface area (Å²) in [6.45, 7) is 1.97. The van der Waals surface area contributed by atoms with Gasteiger partial charge in [0.2, 0.25) is 0 Å². The van der Waals surface area contributed by atoms with Gasteiger partial charge in [-0.25, -0.2) is 0 Å². The van der Waals surface area contributed by atoms with Crippen molar-refractivity contribution in [3.8, 4) is 11.5 Å². The number of aryl methyl sites for hydroxylation is 1. The van der Waals surface area contributed by atoms with Gasteiger partial charge in [-0.05, 0) is 41.5 Å². The van der Waals surface area contributed by atoms with E-state index in [1.165, 1.54) is 5.39 Å². The maximum absolute atomic E-state index is 6.02. The summed E-state index contributed by atoms with van der Waals surface area (Å²) in [5, 5.41) is 2.36. The number of nitrogens with two attached hydrogens (primary N) is 1. The van der Waals surface area contributed by atoms with E-state index in [-0.39, 0.29) is 0 Å². The summed E-state index contributed by atoms with van der Waals surface area (Å²) in [5.74, 6) is 1.51. The molecule has 0 aliphatic rings. The number of anilines is 1. The Hall–Kier alpha value is -2.48. The highest BCUT2D eigenvalue weighted by Crippen LogP contribution is 2.31. The Bertz CT molecular complexity index is 734. The lowest BCUT2D eigenvalue weighted by molar-refractivity contribution is 0.485. The van der Waals surface area contributed by atoms with E-state index >= 15 is 0 Å². The van der Waals surface area contributed by atoms with Crippen molar-refractivity contribution in [2.75, 3.05) is 5.73 Å². The SMILES string of the molecule is Cc1cccc(Oc2ccc3ccccc3c2)c1N. The molecule has 0 saturated heterocycles. The highest BCUT2D eigenvalue weighted by Gasteiger charge is 2.04. The van der Waals surface area contributed by atoms with Crippen LogP contribution in [0.3, 0.4) is 0 Å². The van der Waals surface area contributed by atoms with E-state index in [2.05, 4.69) is 18.2 Å².